The normalized spacial score (nSPS) is 19.5. The molecule has 1 aromatic rings. The Morgan fingerprint density at radius 1 is 1.32 bits per heavy atom. The van der Waals surface area contributed by atoms with Crippen molar-refractivity contribution in [3.63, 3.8) is 0 Å². The topological polar surface area (TPSA) is 36.4 Å². The number of aromatic nitrogens is 1. The molecule has 1 fully saturated rings. The summed E-state index contributed by atoms with van der Waals surface area (Å²) >= 11 is 0. The molecule has 0 aromatic carbocycles. The van der Waals surface area contributed by atoms with E-state index in [-0.39, 0.29) is 12.8 Å². The summed E-state index contributed by atoms with van der Waals surface area (Å²) in [6.07, 6.45) is -2.88. The number of alkyl halides is 3. The van der Waals surface area contributed by atoms with Crippen molar-refractivity contribution in [3.05, 3.63) is 23.9 Å². The summed E-state index contributed by atoms with van der Waals surface area (Å²) in [6, 6.07) is 3.50. The van der Waals surface area contributed by atoms with E-state index in [1.165, 1.54) is 0 Å². The van der Waals surface area contributed by atoms with Gasteiger partial charge >= 0.3 is 6.18 Å². The molecule has 1 saturated heterocycles. The van der Waals surface area contributed by atoms with Gasteiger partial charge in [0, 0.05) is 19.3 Å². The molecule has 0 bridgehead atoms. The number of nitrogens with zero attached hydrogens (tertiary/aromatic N) is 2. The Balaban J connectivity index is 1.98. The van der Waals surface area contributed by atoms with Crippen LogP contribution < -0.4 is 4.90 Å². The Hall–Kier alpha value is -1.30. The zero-order valence-corrected chi connectivity index (χ0v) is 10.7. The summed E-state index contributed by atoms with van der Waals surface area (Å²) in [7, 11) is 0. The van der Waals surface area contributed by atoms with Crippen molar-refractivity contribution >= 4 is 5.82 Å². The fraction of sp³-hybridized carbons (Fsp3) is 0.615. The van der Waals surface area contributed by atoms with Gasteiger partial charge in [0.15, 0.2) is 0 Å². The number of hydrogen-bond acceptors (Lipinski definition) is 3. The molecule has 1 aliphatic rings. The van der Waals surface area contributed by atoms with Crippen LogP contribution in [0.1, 0.15) is 31.4 Å². The second-order valence-electron chi connectivity index (χ2n) is 4.93. The Bertz CT molecular complexity index is 409. The standard InChI is InChI=1S/C13H17F3N2O/c1-9(19)10-2-3-12(17-8-10)18-6-4-11(5-7-18)13(14,15)16/h2-3,8-9,11,19H,4-7H2,1H3/t9-/m0/s1. The lowest BCUT2D eigenvalue weighted by Gasteiger charge is -2.33. The van der Waals surface area contributed by atoms with Gasteiger partial charge in [-0.05, 0) is 31.4 Å². The van der Waals surface area contributed by atoms with Crippen LogP contribution in [-0.4, -0.2) is 29.4 Å². The predicted octanol–water partition coefficient (Wildman–Crippen LogP) is 2.91. The lowest BCUT2D eigenvalue weighted by Crippen LogP contribution is -2.39. The average Bonchev–Trinajstić information content (AvgIpc) is 2.38. The number of aliphatic hydroxyl groups is 1. The van der Waals surface area contributed by atoms with Crippen molar-refractivity contribution in [2.24, 2.45) is 5.92 Å². The number of hydrogen-bond donors (Lipinski definition) is 1. The van der Waals surface area contributed by atoms with Crippen LogP contribution in [0.25, 0.3) is 0 Å². The summed E-state index contributed by atoms with van der Waals surface area (Å²) < 4.78 is 37.7. The number of pyridine rings is 1. The van der Waals surface area contributed by atoms with E-state index >= 15 is 0 Å². The van der Waals surface area contributed by atoms with Crippen LogP contribution in [0.2, 0.25) is 0 Å². The Morgan fingerprint density at radius 2 is 1.95 bits per heavy atom. The zero-order valence-electron chi connectivity index (χ0n) is 10.7. The second kappa shape index (κ2) is 5.36. The maximum absolute atomic E-state index is 12.6. The summed E-state index contributed by atoms with van der Waals surface area (Å²) in [4.78, 5) is 6.05. The molecule has 0 radical (unpaired) electrons. The van der Waals surface area contributed by atoms with Gasteiger partial charge in [0.2, 0.25) is 0 Å². The molecule has 1 N–H and O–H groups in total. The van der Waals surface area contributed by atoms with Crippen LogP contribution in [0.3, 0.4) is 0 Å². The van der Waals surface area contributed by atoms with Crippen molar-refractivity contribution in [3.8, 4) is 0 Å². The van der Waals surface area contributed by atoms with Gasteiger partial charge in [-0.15, -0.1) is 0 Å². The molecule has 19 heavy (non-hydrogen) atoms. The smallest absolute Gasteiger partial charge is 0.389 e. The van der Waals surface area contributed by atoms with Crippen molar-refractivity contribution in [1.29, 1.82) is 0 Å². The molecular formula is C13H17F3N2O. The van der Waals surface area contributed by atoms with E-state index < -0.39 is 18.2 Å². The van der Waals surface area contributed by atoms with Crippen LogP contribution >= 0.6 is 0 Å². The van der Waals surface area contributed by atoms with Crippen molar-refractivity contribution in [1.82, 2.24) is 4.98 Å². The van der Waals surface area contributed by atoms with E-state index in [1.54, 1.807) is 25.3 Å². The van der Waals surface area contributed by atoms with Gasteiger partial charge in [0.1, 0.15) is 5.82 Å². The molecule has 0 unspecified atom stereocenters. The average molecular weight is 274 g/mol. The number of piperidine rings is 1. The lowest BCUT2D eigenvalue weighted by molar-refractivity contribution is -0.179. The highest BCUT2D eigenvalue weighted by Crippen LogP contribution is 2.35. The Kier molecular flexibility index (Phi) is 3.99. The van der Waals surface area contributed by atoms with Gasteiger partial charge in [-0.25, -0.2) is 4.98 Å². The fourth-order valence-electron chi connectivity index (χ4n) is 2.27. The van der Waals surface area contributed by atoms with E-state index in [9.17, 15) is 18.3 Å². The molecule has 2 heterocycles. The van der Waals surface area contributed by atoms with Crippen LogP contribution in [-0.2, 0) is 0 Å². The maximum Gasteiger partial charge on any atom is 0.391 e. The van der Waals surface area contributed by atoms with Crippen LogP contribution in [0.5, 0.6) is 0 Å². The largest absolute Gasteiger partial charge is 0.391 e. The van der Waals surface area contributed by atoms with E-state index in [2.05, 4.69) is 4.98 Å². The molecule has 0 amide bonds. The highest BCUT2D eigenvalue weighted by Gasteiger charge is 2.41. The first kappa shape index (κ1) is 14.1. The maximum atomic E-state index is 12.6. The van der Waals surface area contributed by atoms with Crippen molar-refractivity contribution < 1.29 is 18.3 Å². The van der Waals surface area contributed by atoms with Crippen molar-refractivity contribution in [2.75, 3.05) is 18.0 Å². The third-order valence-corrected chi connectivity index (χ3v) is 3.54. The molecule has 0 saturated carbocycles. The van der Waals surface area contributed by atoms with Crippen LogP contribution in [0, 0.1) is 5.92 Å². The van der Waals surface area contributed by atoms with Gasteiger partial charge in [-0.2, -0.15) is 13.2 Å². The summed E-state index contributed by atoms with van der Waals surface area (Å²) in [5.74, 6) is -0.523. The summed E-state index contributed by atoms with van der Waals surface area (Å²) in [5.41, 5.74) is 0.703. The van der Waals surface area contributed by atoms with Crippen molar-refractivity contribution in [2.45, 2.75) is 32.0 Å². The number of halogens is 3. The minimum atomic E-state index is -4.09. The number of rotatable bonds is 2. The molecule has 0 spiro atoms. The zero-order chi connectivity index (χ0) is 14.0. The Morgan fingerprint density at radius 3 is 2.37 bits per heavy atom. The molecular weight excluding hydrogens is 257 g/mol. The molecule has 0 aliphatic carbocycles. The SMILES string of the molecule is C[C@H](O)c1ccc(N2CCC(C(F)(F)F)CC2)nc1. The highest BCUT2D eigenvalue weighted by atomic mass is 19.4. The van der Waals surface area contributed by atoms with E-state index in [4.69, 9.17) is 0 Å². The number of aliphatic hydroxyl groups excluding tert-OH is 1. The highest BCUT2D eigenvalue weighted by molar-refractivity contribution is 5.40. The van der Waals surface area contributed by atoms with Gasteiger partial charge in [-0.3, -0.25) is 0 Å². The quantitative estimate of drug-likeness (QED) is 0.900. The first-order valence-corrected chi connectivity index (χ1v) is 6.33. The summed E-state index contributed by atoms with van der Waals surface area (Å²) in [5, 5.41) is 9.37. The second-order valence-corrected chi connectivity index (χ2v) is 4.93. The van der Waals surface area contributed by atoms with Gasteiger partial charge in [0.25, 0.3) is 0 Å². The predicted molar refractivity (Wildman–Crippen MR) is 65.9 cm³/mol. The molecule has 6 heteroatoms. The third-order valence-electron chi connectivity index (χ3n) is 3.54. The Labute approximate surface area is 110 Å². The molecule has 1 aromatic heterocycles. The van der Waals surface area contributed by atoms with Gasteiger partial charge < -0.3 is 10.0 Å². The first-order chi connectivity index (χ1) is 8.88. The van der Waals surface area contributed by atoms with Gasteiger partial charge in [0.05, 0.1) is 12.0 Å². The van der Waals surface area contributed by atoms with Crippen LogP contribution in [0.4, 0.5) is 19.0 Å². The van der Waals surface area contributed by atoms with E-state index in [0.29, 0.717) is 24.5 Å². The van der Waals surface area contributed by atoms with Gasteiger partial charge in [-0.1, -0.05) is 6.07 Å². The summed E-state index contributed by atoms with van der Waals surface area (Å²) in [6.45, 7) is 2.38. The molecule has 3 nitrogen and oxygen atoms in total. The minimum Gasteiger partial charge on any atom is -0.389 e. The molecule has 106 valence electrons. The number of anilines is 1. The fourth-order valence-corrected chi connectivity index (χ4v) is 2.27. The van der Waals surface area contributed by atoms with E-state index in [0.717, 1.165) is 0 Å². The molecule has 1 aliphatic heterocycles. The molecule has 1 atom stereocenters. The lowest BCUT2D eigenvalue weighted by atomic mass is 9.96. The monoisotopic (exact) mass is 274 g/mol. The minimum absolute atomic E-state index is 0.114. The third kappa shape index (κ3) is 3.37. The van der Waals surface area contributed by atoms with E-state index in [1.807, 2.05) is 4.90 Å². The van der Waals surface area contributed by atoms with Crippen LogP contribution in [0.15, 0.2) is 18.3 Å². The molecule has 2 rings (SSSR count). The first-order valence-electron chi connectivity index (χ1n) is 6.33.